The minimum atomic E-state index is 0.789. The molecule has 2 nitrogen and oxygen atoms in total. The van der Waals surface area contributed by atoms with Gasteiger partial charge >= 0.3 is 0 Å². The number of hydrogen-bond acceptors (Lipinski definition) is 2. The van der Waals surface area contributed by atoms with Crippen LogP contribution in [0.15, 0.2) is 0 Å². The molecule has 2 bridgehead atoms. The molecule has 2 aliphatic rings. The van der Waals surface area contributed by atoms with Gasteiger partial charge in [-0.1, -0.05) is 6.92 Å². The van der Waals surface area contributed by atoms with Crippen LogP contribution in [0.1, 0.15) is 20.3 Å². The molecule has 0 spiro atoms. The quantitative estimate of drug-likeness (QED) is 0.577. The summed E-state index contributed by atoms with van der Waals surface area (Å²) in [5.74, 6) is 0.967. The Balaban J connectivity index is 2.02. The molecule has 2 fully saturated rings. The summed E-state index contributed by atoms with van der Waals surface area (Å²) in [6.45, 7) is 11.2. The molecule has 2 heterocycles. The van der Waals surface area contributed by atoms with E-state index >= 15 is 0 Å². The van der Waals surface area contributed by atoms with Gasteiger partial charge in [-0.2, -0.15) is 0 Å². The molecule has 3 atom stereocenters. The van der Waals surface area contributed by atoms with Crippen molar-refractivity contribution in [1.82, 2.24) is 9.80 Å². The van der Waals surface area contributed by atoms with E-state index in [-0.39, 0.29) is 0 Å². The summed E-state index contributed by atoms with van der Waals surface area (Å²) >= 11 is 0. The van der Waals surface area contributed by atoms with E-state index in [1.54, 1.807) is 0 Å². The van der Waals surface area contributed by atoms with Crippen LogP contribution in [-0.2, 0) is 0 Å². The van der Waals surface area contributed by atoms with E-state index in [1.165, 1.54) is 39.1 Å². The van der Waals surface area contributed by atoms with Crippen LogP contribution in [0.2, 0.25) is 0 Å². The minimum absolute atomic E-state index is 0.789. The average molecular weight is 168 g/mol. The molecule has 0 aliphatic carbocycles. The Hall–Kier alpha value is -0.0800. The van der Waals surface area contributed by atoms with E-state index in [0.717, 1.165) is 12.0 Å². The molecule has 0 aromatic carbocycles. The van der Waals surface area contributed by atoms with Gasteiger partial charge in [-0.3, -0.25) is 4.90 Å². The maximum atomic E-state index is 2.65. The van der Waals surface area contributed by atoms with Gasteiger partial charge < -0.3 is 4.90 Å². The summed E-state index contributed by atoms with van der Waals surface area (Å²) in [5.41, 5.74) is 0. The first-order chi connectivity index (χ1) is 5.79. The van der Waals surface area contributed by atoms with Gasteiger partial charge in [0, 0.05) is 25.7 Å². The van der Waals surface area contributed by atoms with E-state index in [1.807, 2.05) is 0 Å². The van der Waals surface area contributed by atoms with Crippen molar-refractivity contribution in [2.24, 2.45) is 5.92 Å². The van der Waals surface area contributed by atoms with Crippen molar-refractivity contribution >= 4 is 0 Å². The largest absolute Gasteiger partial charge is 0.302 e. The zero-order valence-corrected chi connectivity index (χ0v) is 8.29. The van der Waals surface area contributed by atoms with Gasteiger partial charge in [-0.25, -0.2) is 0 Å². The van der Waals surface area contributed by atoms with Crippen LogP contribution in [0.5, 0.6) is 0 Å². The number of hydrogen-bond donors (Lipinski definition) is 0. The Labute approximate surface area is 75.5 Å². The molecule has 0 N–H and O–H groups in total. The number of likely N-dealkylation sites (N-methyl/N-ethyl adjacent to an activating group) is 1. The minimum Gasteiger partial charge on any atom is -0.302 e. The smallest absolute Gasteiger partial charge is 0.0195 e. The average Bonchev–Trinajstić information content (AvgIpc) is 2.44. The van der Waals surface area contributed by atoms with E-state index < -0.39 is 0 Å². The van der Waals surface area contributed by atoms with Crippen LogP contribution in [-0.4, -0.2) is 48.6 Å². The Bertz CT molecular complexity index is 156. The highest BCUT2D eigenvalue weighted by atomic mass is 15.3. The highest BCUT2D eigenvalue weighted by Crippen LogP contribution is 2.23. The molecule has 0 aromatic heterocycles. The zero-order chi connectivity index (χ0) is 8.55. The van der Waals surface area contributed by atoms with Gasteiger partial charge in [0.25, 0.3) is 0 Å². The molecule has 0 radical (unpaired) electrons. The normalized spacial score (nSPS) is 43.0. The molecular formula is C10H20N2. The van der Waals surface area contributed by atoms with Crippen molar-refractivity contribution in [2.45, 2.75) is 26.3 Å². The van der Waals surface area contributed by atoms with E-state index in [9.17, 15) is 0 Å². The number of fused-ring (bicyclic) bond motifs is 2. The molecule has 2 heteroatoms. The van der Waals surface area contributed by atoms with Gasteiger partial charge in [0.05, 0.1) is 0 Å². The SMILES string of the molecule is CCN1CC2CCN(C2)C(C)C1. The van der Waals surface area contributed by atoms with Gasteiger partial charge in [0.1, 0.15) is 0 Å². The van der Waals surface area contributed by atoms with Crippen LogP contribution >= 0.6 is 0 Å². The first kappa shape index (κ1) is 8.52. The van der Waals surface area contributed by atoms with Gasteiger partial charge in [-0.15, -0.1) is 0 Å². The Morgan fingerprint density at radius 2 is 2.08 bits per heavy atom. The lowest BCUT2D eigenvalue weighted by Gasteiger charge is -2.27. The number of nitrogens with zero attached hydrogens (tertiary/aromatic N) is 2. The standard InChI is InChI=1S/C10H20N2/c1-3-11-6-9(2)12-5-4-10(7-11)8-12/h9-10H,3-8H2,1-2H3. The Morgan fingerprint density at radius 3 is 2.83 bits per heavy atom. The molecule has 12 heavy (non-hydrogen) atoms. The van der Waals surface area contributed by atoms with Crippen LogP contribution in [0.4, 0.5) is 0 Å². The van der Waals surface area contributed by atoms with Gasteiger partial charge in [0.15, 0.2) is 0 Å². The van der Waals surface area contributed by atoms with E-state index in [4.69, 9.17) is 0 Å². The fourth-order valence-electron chi connectivity index (χ4n) is 2.60. The predicted octanol–water partition coefficient (Wildman–Crippen LogP) is 1.03. The lowest BCUT2D eigenvalue weighted by Crippen LogP contribution is -2.39. The Morgan fingerprint density at radius 1 is 1.25 bits per heavy atom. The molecule has 0 saturated carbocycles. The second kappa shape index (κ2) is 3.35. The van der Waals surface area contributed by atoms with Crippen LogP contribution < -0.4 is 0 Å². The molecule has 2 rings (SSSR count). The summed E-state index contributed by atoms with van der Waals surface area (Å²) in [4.78, 5) is 5.26. The molecule has 0 amide bonds. The molecule has 0 aromatic rings. The molecule has 3 unspecified atom stereocenters. The second-order valence-corrected chi connectivity index (χ2v) is 4.35. The molecule has 2 aliphatic heterocycles. The second-order valence-electron chi connectivity index (χ2n) is 4.35. The van der Waals surface area contributed by atoms with Crippen molar-refractivity contribution < 1.29 is 0 Å². The van der Waals surface area contributed by atoms with Crippen molar-refractivity contribution in [3.05, 3.63) is 0 Å². The summed E-state index contributed by atoms with van der Waals surface area (Å²) in [6, 6.07) is 0.789. The zero-order valence-electron chi connectivity index (χ0n) is 8.29. The van der Waals surface area contributed by atoms with Crippen LogP contribution in [0.25, 0.3) is 0 Å². The maximum Gasteiger partial charge on any atom is 0.0195 e. The predicted molar refractivity (Wildman–Crippen MR) is 51.3 cm³/mol. The summed E-state index contributed by atoms with van der Waals surface area (Å²) < 4.78 is 0. The molecule has 2 saturated heterocycles. The molecule has 70 valence electrons. The highest BCUT2D eigenvalue weighted by molar-refractivity contribution is 4.86. The van der Waals surface area contributed by atoms with Crippen molar-refractivity contribution in [1.29, 1.82) is 0 Å². The third-order valence-electron chi connectivity index (χ3n) is 3.43. The fraction of sp³-hybridized carbons (Fsp3) is 1.00. The maximum absolute atomic E-state index is 2.65. The fourth-order valence-corrected chi connectivity index (χ4v) is 2.60. The highest BCUT2D eigenvalue weighted by Gasteiger charge is 2.31. The monoisotopic (exact) mass is 168 g/mol. The van der Waals surface area contributed by atoms with Crippen molar-refractivity contribution in [2.75, 3.05) is 32.7 Å². The first-order valence-electron chi connectivity index (χ1n) is 5.26. The Kier molecular flexibility index (Phi) is 2.37. The lowest BCUT2D eigenvalue weighted by molar-refractivity contribution is 0.196. The summed E-state index contributed by atoms with van der Waals surface area (Å²) in [7, 11) is 0. The number of rotatable bonds is 1. The third kappa shape index (κ3) is 1.50. The van der Waals surface area contributed by atoms with E-state index in [0.29, 0.717) is 0 Å². The van der Waals surface area contributed by atoms with Crippen LogP contribution in [0.3, 0.4) is 0 Å². The third-order valence-corrected chi connectivity index (χ3v) is 3.43. The first-order valence-corrected chi connectivity index (χ1v) is 5.26. The topological polar surface area (TPSA) is 6.48 Å². The molecular weight excluding hydrogens is 148 g/mol. The lowest BCUT2D eigenvalue weighted by atomic mass is 10.1. The van der Waals surface area contributed by atoms with E-state index in [2.05, 4.69) is 23.6 Å². The summed E-state index contributed by atoms with van der Waals surface area (Å²) in [5, 5.41) is 0. The summed E-state index contributed by atoms with van der Waals surface area (Å²) in [6.07, 6.45) is 1.43. The van der Waals surface area contributed by atoms with Crippen molar-refractivity contribution in [3.8, 4) is 0 Å². The van der Waals surface area contributed by atoms with Gasteiger partial charge in [-0.05, 0) is 32.4 Å². The van der Waals surface area contributed by atoms with Crippen LogP contribution in [0, 0.1) is 5.92 Å². The van der Waals surface area contributed by atoms with Crippen molar-refractivity contribution in [3.63, 3.8) is 0 Å². The van der Waals surface area contributed by atoms with Gasteiger partial charge in [0.2, 0.25) is 0 Å².